The molecule has 13 heavy (non-hydrogen) atoms. The Hall–Kier alpha value is -0.810. The van der Waals surface area contributed by atoms with Gasteiger partial charge in [0.05, 0.1) is 0 Å². The number of nitrogens with zero attached hydrogens (tertiary/aromatic N) is 4. The van der Waals surface area contributed by atoms with Crippen LogP contribution < -0.4 is 0 Å². The zero-order valence-corrected chi connectivity index (χ0v) is 8.29. The second-order valence-electron chi connectivity index (χ2n) is 2.33. The van der Waals surface area contributed by atoms with Crippen LogP contribution in [0, 0.1) is 0 Å². The normalized spacial score (nSPS) is 10.8. The molecule has 6 heteroatoms. The third kappa shape index (κ3) is 1.76. The number of thioether (sulfide) groups is 1. The summed E-state index contributed by atoms with van der Waals surface area (Å²) in [6.07, 6.45) is 5.20. The molecule has 0 amide bonds. The lowest BCUT2D eigenvalue weighted by atomic mass is 10.7. The van der Waals surface area contributed by atoms with Gasteiger partial charge >= 0.3 is 0 Å². The number of hydrogen-bond donors (Lipinski definition) is 0. The van der Waals surface area contributed by atoms with Gasteiger partial charge in [-0.05, 0) is 0 Å². The largest absolute Gasteiger partial charge is 0.285 e. The molecule has 0 saturated carbocycles. The Balaban J connectivity index is 2.37. The summed E-state index contributed by atoms with van der Waals surface area (Å²) in [4.78, 5) is 4.20. The summed E-state index contributed by atoms with van der Waals surface area (Å²) < 4.78 is 1.84. The van der Waals surface area contributed by atoms with E-state index in [1.807, 2.05) is 10.6 Å². The fourth-order valence-corrected chi connectivity index (χ4v) is 1.89. The molecule has 0 aromatic carbocycles. The summed E-state index contributed by atoms with van der Waals surface area (Å²) in [5.74, 6) is 1.45. The van der Waals surface area contributed by atoms with E-state index >= 15 is 0 Å². The van der Waals surface area contributed by atoms with Crippen molar-refractivity contribution in [3.8, 4) is 0 Å². The lowest BCUT2D eigenvalue weighted by molar-refractivity contribution is 1.03. The topological polar surface area (TPSA) is 43.1 Å². The highest BCUT2D eigenvalue weighted by Crippen LogP contribution is 2.18. The van der Waals surface area contributed by atoms with Crippen molar-refractivity contribution in [3.63, 3.8) is 0 Å². The van der Waals surface area contributed by atoms with Gasteiger partial charge in [-0.15, -0.1) is 33.6 Å². The molecule has 2 rings (SSSR count). The van der Waals surface area contributed by atoms with E-state index in [4.69, 9.17) is 11.6 Å². The van der Waals surface area contributed by atoms with Crippen molar-refractivity contribution in [2.75, 3.05) is 11.6 Å². The molecule has 0 aliphatic rings. The van der Waals surface area contributed by atoms with Gasteiger partial charge in [0.1, 0.15) is 11.4 Å². The molecule has 4 nitrogen and oxygen atoms in total. The van der Waals surface area contributed by atoms with Crippen LogP contribution >= 0.6 is 23.4 Å². The van der Waals surface area contributed by atoms with Crippen molar-refractivity contribution < 1.29 is 0 Å². The molecule has 0 N–H and O–H groups in total. The van der Waals surface area contributed by atoms with Crippen molar-refractivity contribution >= 4 is 29.0 Å². The van der Waals surface area contributed by atoms with Crippen LogP contribution in [0.2, 0.25) is 0 Å². The van der Waals surface area contributed by atoms with E-state index in [1.54, 1.807) is 24.3 Å². The summed E-state index contributed by atoms with van der Waals surface area (Å²) >= 11 is 7.17. The molecule has 0 aliphatic carbocycles. The van der Waals surface area contributed by atoms with Crippen molar-refractivity contribution in [1.29, 1.82) is 0 Å². The number of hydrogen-bond acceptors (Lipinski definition) is 4. The van der Waals surface area contributed by atoms with Crippen molar-refractivity contribution in [3.05, 3.63) is 18.7 Å². The Labute approximate surface area is 84.3 Å². The number of halogens is 1. The highest BCUT2D eigenvalue weighted by Gasteiger charge is 2.03. The smallest absolute Gasteiger partial charge is 0.193 e. The molecule has 0 atom stereocenters. The van der Waals surface area contributed by atoms with Gasteiger partial charge in [0.15, 0.2) is 5.65 Å². The van der Waals surface area contributed by atoms with Gasteiger partial charge in [-0.2, -0.15) is 0 Å². The predicted molar refractivity (Wildman–Crippen MR) is 52.2 cm³/mol. The first-order chi connectivity index (χ1) is 6.42. The first-order valence-electron chi connectivity index (χ1n) is 3.75. The third-order valence-corrected chi connectivity index (χ3v) is 2.88. The van der Waals surface area contributed by atoms with E-state index in [1.165, 1.54) is 0 Å². The maximum absolute atomic E-state index is 5.59. The molecule has 2 aromatic heterocycles. The average Bonchev–Trinajstić information content (AvgIpc) is 2.62. The highest BCUT2D eigenvalue weighted by molar-refractivity contribution is 7.99. The first-order valence-corrected chi connectivity index (χ1v) is 5.27. The second-order valence-corrected chi connectivity index (χ2v) is 3.79. The zero-order valence-electron chi connectivity index (χ0n) is 6.72. The molecule has 0 spiro atoms. The Bertz CT molecular complexity index is 402. The molecule has 0 radical (unpaired) electrons. The molecule has 0 bridgehead atoms. The minimum atomic E-state index is 0.613. The van der Waals surface area contributed by atoms with Gasteiger partial charge in [0.2, 0.25) is 0 Å². The van der Waals surface area contributed by atoms with Crippen LogP contribution in [0.25, 0.3) is 5.65 Å². The lowest BCUT2D eigenvalue weighted by Crippen LogP contribution is -1.90. The minimum absolute atomic E-state index is 0.613. The fraction of sp³-hybridized carbons (Fsp3) is 0.286. The van der Waals surface area contributed by atoms with Crippen LogP contribution in [0.15, 0.2) is 23.7 Å². The average molecular weight is 215 g/mol. The maximum Gasteiger partial charge on any atom is 0.193 e. The SMILES string of the molecule is ClCCSc1nccn2cnnc12. The fourth-order valence-electron chi connectivity index (χ4n) is 0.972. The number of fused-ring (bicyclic) bond motifs is 1. The molecular formula is C7H7ClN4S. The zero-order chi connectivity index (χ0) is 9.10. The van der Waals surface area contributed by atoms with Crippen LogP contribution in [0.5, 0.6) is 0 Å². The van der Waals surface area contributed by atoms with Crippen molar-refractivity contribution in [2.24, 2.45) is 0 Å². The van der Waals surface area contributed by atoms with Gasteiger partial charge in [0.25, 0.3) is 0 Å². The van der Waals surface area contributed by atoms with Gasteiger partial charge in [-0.25, -0.2) is 4.98 Å². The maximum atomic E-state index is 5.59. The molecule has 0 saturated heterocycles. The van der Waals surface area contributed by atoms with Crippen molar-refractivity contribution in [2.45, 2.75) is 5.03 Å². The number of alkyl halides is 1. The van der Waals surface area contributed by atoms with Gasteiger partial charge in [-0.3, -0.25) is 4.40 Å². The molecule has 0 fully saturated rings. The molecule has 68 valence electrons. The van der Waals surface area contributed by atoms with E-state index in [9.17, 15) is 0 Å². The summed E-state index contributed by atoms with van der Waals surface area (Å²) in [5, 5.41) is 8.63. The molecule has 0 unspecified atom stereocenters. The first kappa shape index (κ1) is 8.77. The minimum Gasteiger partial charge on any atom is -0.285 e. The molecule has 0 aliphatic heterocycles. The third-order valence-electron chi connectivity index (χ3n) is 1.50. The highest BCUT2D eigenvalue weighted by atomic mass is 35.5. The Kier molecular flexibility index (Phi) is 2.65. The van der Waals surface area contributed by atoms with E-state index in [-0.39, 0.29) is 0 Å². The molecular weight excluding hydrogens is 208 g/mol. The van der Waals surface area contributed by atoms with Crippen LogP contribution in [0.1, 0.15) is 0 Å². The van der Waals surface area contributed by atoms with Crippen molar-refractivity contribution in [1.82, 2.24) is 19.6 Å². The van der Waals surface area contributed by atoms with Crippen LogP contribution in [-0.4, -0.2) is 31.2 Å². The summed E-state index contributed by atoms with van der Waals surface area (Å²) in [5.41, 5.74) is 0.789. The van der Waals surface area contributed by atoms with Crippen LogP contribution in [0.4, 0.5) is 0 Å². The summed E-state index contributed by atoms with van der Waals surface area (Å²) in [6, 6.07) is 0. The summed E-state index contributed by atoms with van der Waals surface area (Å²) in [6.45, 7) is 0. The van der Waals surface area contributed by atoms with Gasteiger partial charge in [-0.1, -0.05) is 0 Å². The van der Waals surface area contributed by atoms with E-state index in [0.717, 1.165) is 16.4 Å². The Morgan fingerprint density at radius 2 is 2.46 bits per heavy atom. The number of rotatable bonds is 3. The van der Waals surface area contributed by atoms with E-state index in [0.29, 0.717) is 5.88 Å². The standard InChI is InChI=1S/C7H7ClN4S/c8-1-4-13-7-6-11-10-5-12(6)3-2-9-7/h2-3,5H,1,4H2. The summed E-state index contributed by atoms with van der Waals surface area (Å²) in [7, 11) is 0. The predicted octanol–water partition coefficient (Wildman–Crippen LogP) is 1.46. The van der Waals surface area contributed by atoms with Gasteiger partial charge in [0, 0.05) is 24.0 Å². The van der Waals surface area contributed by atoms with E-state index in [2.05, 4.69) is 15.2 Å². The van der Waals surface area contributed by atoms with Gasteiger partial charge < -0.3 is 0 Å². The quantitative estimate of drug-likeness (QED) is 0.573. The van der Waals surface area contributed by atoms with Crippen LogP contribution in [0.3, 0.4) is 0 Å². The lowest BCUT2D eigenvalue weighted by Gasteiger charge is -1.98. The van der Waals surface area contributed by atoms with E-state index < -0.39 is 0 Å². The van der Waals surface area contributed by atoms with Crippen LogP contribution in [-0.2, 0) is 0 Å². The molecule has 2 heterocycles. The Morgan fingerprint density at radius 1 is 1.54 bits per heavy atom. The number of aromatic nitrogens is 4. The molecule has 2 aromatic rings. The monoisotopic (exact) mass is 214 g/mol. The Morgan fingerprint density at radius 3 is 3.31 bits per heavy atom. The second kappa shape index (κ2) is 3.93.